The molecule has 1 amide bonds. The van der Waals surface area contributed by atoms with Crippen LogP contribution in [0.3, 0.4) is 0 Å². The first kappa shape index (κ1) is 18.7. The molecule has 0 bridgehead atoms. The maximum absolute atomic E-state index is 13.3. The van der Waals surface area contributed by atoms with Gasteiger partial charge >= 0.3 is 5.97 Å². The normalized spacial score (nSPS) is 16.1. The number of hydrazone groups is 1. The molecule has 1 aliphatic heterocycles. The Labute approximate surface area is 165 Å². The van der Waals surface area contributed by atoms with E-state index in [1.807, 2.05) is 18.2 Å². The van der Waals surface area contributed by atoms with Crippen LogP contribution in [0, 0.1) is 5.82 Å². The number of carbonyl (C=O) groups excluding carboxylic acids is 1. The lowest BCUT2D eigenvalue weighted by Gasteiger charge is -2.22. The molecule has 0 saturated carbocycles. The first-order valence-corrected chi connectivity index (χ1v) is 9.09. The summed E-state index contributed by atoms with van der Waals surface area (Å²) in [6.07, 6.45) is 3.20. The van der Waals surface area contributed by atoms with Gasteiger partial charge in [-0.2, -0.15) is 5.10 Å². The Hall–Kier alpha value is -3.68. The van der Waals surface area contributed by atoms with Crippen molar-refractivity contribution in [3.8, 4) is 0 Å². The van der Waals surface area contributed by atoms with Gasteiger partial charge in [0.2, 0.25) is 5.91 Å². The number of hydrogen-bond acceptors (Lipinski definition) is 5. The van der Waals surface area contributed by atoms with Crippen molar-refractivity contribution < 1.29 is 19.1 Å². The number of fused-ring (bicyclic) bond motifs is 1. The fourth-order valence-corrected chi connectivity index (χ4v) is 3.33. The van der Waals surface area contributed by atoms with Crippen molar-refractivity contribution in [2.24, 2.45) is 5.10 Å². The number of benzene rings is 2. The van der Waals surface area contributed by atoms with E-state index < -0.39 is 12.0 Å². The van der Waals surface area contributed by atoms with Crippen molar-refractivity contribution in [3.63, 3.8) is 0 Å². The maximum Gasteiger partial charge on any atom is 0.303 e. The van der Waals surface area contributed by atoms with Crippen molar-refractivity contribution in [3.05, 3.63) is 71.8 Å². The van der Waals surface area contributed by atoms with Gasteiger partial charge in [-0.1, -0.05) is 18.2 Å². The van der Waals surface area contributed by atoms with Crippen LogP contribution >= 0.6 is 0 Å². The Kier molecular flexibility index (Phi) is 4.99. The zero-order valence-electron chi connectivity index (χ0n) is 15.3. The Morgan fingerprint density at radius 3 is 2.48 bits per heavy atom. The van der Waals surface area contributed by atoms with Gasteiger partial charge in [-0.25, -0.2) is 9.40 Å². The van der Waals surface area contributed by atoms with Crippen LogP contribution in [0.5, 0.6) is 0 Å². The molecule has 0 radical (unpaired) electrons. The summed E-state index contributed by atoms with van der Waals surface area (Å²) >= 11 is 0. The van der Waals surface area contributed by atoms with Crippen LogP contribution in [0.4, 0.5) is 4.39 Å². The number of carbonyl (C=O) groups is 2. The van der Waals surface area contributed by atoms with Gasteiger partial charge < -0.3 is 5.11 Å². The zero-order valence-corrected chi connectivity index (χ0v) is 15.3. The Bertz CT molecular complexity index is 1110. The van der Waals surface area contributed by atoms with E-state index in [0.717, 1.165) is 11.1 Å². The summed E-state index contributed by atoms with van der Waals surface area (Å²) in [4.78, 5) is 32.1. The molecule has 0 unspecified atom stereocenters. The van der Waals surface area contributed by atoms with Crippen molar-refractivity contribution in [2.75, 3.05) is 0 Å². The molecule has 3 aromatic rings. The maximum atomic E-state index is 13.3. The van der Waals surface area contributed by atoms with Crippen LogP contribution in [0.25, 0.3) is 11.0 Å². The predicted octanol–water partition coefficient (Wildman–Crippen LogP) is 3.31. The van der Waals surface area contributed by atoms with Gasteiger partial charge in [0.05, 0.1) is 29.2 Å². The molecule has 0 fully saturated rings. The zero-order chi connectivity index (χ0) is 20.4. The number of halogens is 1. The third kappa shape index (κ3) is 3.96. The number of amides is 1. The number of aromatic nitrogens is 2. The third-order valence-electron chi connectivity index (χ3n) is 4.77. The van der Waals surface area contributed by atoms with Crippen LogP contribution < -0.4 is 0 Å². The molecule has 4 rings (SSSR count). The number of hydrogen-bond donors (Lipinski definition) is 1. The third-order valence-corrected chi connectivity index (χ3v) is 4.77. The molecule has 29 heavy (non-hydrogen) atoms. The molecule has 7 nitrogen and oxygen atoms in total. The quantitative estimate of drug-likeness (QED) is 0.719. The van der Waals surface area contributed by atoms with E-state index in [4.69, 9.17) is 5.11 Å². The largest absolute Gasteiger partial charge is 0.481 e. The van der Waals surface area contributed by atoms with Crippen LogP contribution in [0.15, 0.2) is 60.0 Å². The van der Waals surface area contributed by atoms with Crippen molar-refractivity contribution >= 4 is 28.6 Å². The molecule has 1 aromatic heterocycles. The van der Waals surface area contributed by atoms with Crippen molar-refractivity contribution in [2.45, 2.75) is 25.3 Å². The minimum Gasteiger partial charge on any atom is -0.481 e. The fraction of sp³-hybridized carbons (Fsp3) is 0.190. The molecule has 0 spiro atoms. The van der Waals surface area contributed by atoms with E-state index in [-0.39, 0.29) is 24.6 Å². The summed E-state index contributed by atoms with van der Waals surface area (Å²) in [6.45, 7) is 0. The van der Waals surface area contributed by atoms with Crippen LogP contribution in [0.2, 0.25) is 0 Å². The number of nitrogens with zero attached hydrogens (tertiary/aromatic N) is 4. The summed E-state index contributed by atoms with van der Waals surface area (Å²) < 4.78 is 13.3. The smallest absolute Gasteiger partial charge is 0.303 e. The van der Waals surface area contributed by atoms with E-state index in [1.165, 1.54) is 17.1 Å². The summed E-state index contributed by atoms with van der Waals surface area (Å²) in [5.74, 6) is -1.78. The molecule has 0 aliphatic carbocycles. The van der Waals surface area contributed by atoms with Gasteiger partial charge in [-0.05, 0) is 35.4 Å². The van der Waals surface area contributed by atoms with Crippen LogP contribution in [0.1, 0.15) is 36.4 Å². The fourth-order valence-electron chi connectivity index (χ4n) is 3.33. The molecule has 2 aromatic carbocycles. The summed E-state index contributed by atoms with van der Waals surface area (Å²) in [6, 6.07) is 11.1. The Morgan fingerprint density at radius 2 is 1.76 bits per heavy atom. The Balaban J connectivity index is 1.68. The molecular weight excluding hydrogens is 375 g/mol. The Morgan fingerprint density at radius 1 is 1.03 bits per heavy atom. The molecule has 1 N–H and O–H groups in total. The first-order chi connectivity index (χ1) is 14.0. The second-order valence-corrected chi connectivity index (χ2v) is 6.71. The van der Waals surface area contributed by atoms with E-state index in [1.54, 1.807) is 24.5 Å². The van der Waals surface area contributed by atoms with Gasteiger partial charge in [-0.3, -0.25) is 19.6 Å². The molecule has 1 atom stereocenters. The highest BCUT2D eigenvalue weighted by molar-refractivity contribution is 6.03. The molecule has 2 heterocycles. The second kappa shape index (κ2) is 7.75. The molecule has 0 saturated heterocycles. The van der Waals surface area contributed by atoms with Crippen molar-refractivity contribution in [1.82, 2.24) is 15.0 Å². The predicted molar refractivity (Wildman–Crippen MR) is 104 cm³/mol. The molecule has 146 valence electrons. The van der Waals surface area contributed by atoms with Gasteiger partial charge in [0.15, 0.2) is 0 Å². The van der Waals surface area contributed by atoms with Gasteiger partial charge in [0.1, 0.15) is 5.82 Å². The first-order valence-electron chi connectivity index (χ1n) is 9.09. The monoisotopic (exact) mass is 392 g/mol. The average Bonchev–Trinajstić information content (AvgIpc) is 3.17. The lowest BCUT2D eigenvalue weighted by molar-refractivity contribution is -0.141. The summed E-state index contributed by atoms with van der Waals surface area (Å²) in [5, 5.41) is 14.7. The topological polar surface area (TPSA) is 95.8 Å². The van der Waals surface area contributed by atoms with Gasteiger partial charge in [0, 0.05) is 25.2 Å². The standard InChI is InChI=1S/C21H17FN4O3/c22-15-4-1-13(2-5-15)17-12-19(26(25-17)20(27)7-8-21(28)29)14-3-6-16-18(11-14)24-10-9-23-16/h1-6,9-11,19H,7-8,12H2,(H,28,29)/t19-/m1/s1. The SMILES string of the molecule is O=C(O)CCC(=O)N1N=C(c2ccc(F)cc2)C[C@@H]1c1ccc2nccnc2c1. The van der Waals surface area contributed by atoms with Crippen LogP contribution in [-0.4, -0.2) is 37.7 Å². The molecule has 1 aliphatic rings. The van der Waals surface area contributed by atoms with Crippen LogP contribution in [-0.2, 0) is 9.59 Å². The lowest BCUT2D eigenvalue weighted by Crippen LogP contribution is -2.27. The van der Waals surface area contributed by atoms with Crippen molar-refractivity contribution in [1.29, 1.82) is 0 Å². The van der Waals surface area contributed by atoms with Gasteiger partial charge in [0.25, 0.3) is 0 Å². The van der Waals surface area contributed by atoms with E-state index in [9.17, 15) is 14.0 Å². The highest BCUT2D eigenvalue weighted by atomic mass is 19.1. The molecule has 8 heteroatoms. The van der Waals surface area contributed by atoms with E-state index in [2.05, 4.69) is 15.1 Å². The minimum atomic E-state index is -1.04. The minimum absolute atomic E-state index is 0.153. The van der Waals surface area contributed by atoms with E-state index in [0.29, 0.717) is 23.2 Å². The molecular formula is C21H17FN4O3. The second-order valence-electron chi connectivity index (χ2n) is 6.71. The summed E-state index contributed by atoms with van der Waals surface area (Å²) in [5.41, 5.74) is 3.60. The van der Waals surface area contributed by atoms with E-state index >= 15 is 0 Å². The van der Waals surface area contributed by atoms with Gasteiger partial charge in [-0.15, -0.1) is 0 Å². The number of carboxylic acid groups (broad SMARTS) is 1. The number of aliphatic carboxylic acids is 1. The average molecular weight is 392 g/mol. The number of carboxylic acids is 1. The highest BCUT2D eigenvalue weighted by Gasteiger charge is 2.33. The number of rotatable bonds is 5. The highest BCUT2D eigenvalue weighted by Crippen LogP contribution is 2.34. The summed E-state index contributed by atoms with van der Waals surface area (Å²) in [7, 11) is 0. The lowest BCUT2D eigenvalue weighted by atomic mass is 9.97.